The average Bonchev–Trinajstić information content (AvgIpc) is 3.08. The van der Waals surface area contributed by atoms with Gasteiger partial charge in [-0.3, -0.25) is 4.79 Å². The van der Waals surface area contributed by atoms with Gasteiger partial charge in [0.15, 0.2) is 0 Å². The van der Waals surface area contributed by atoms with Crippen LogP contribution in [0, 0.1) is 58.2 Å². The first-order chi connectivity index (χ1) is 15.1. The van der Waals surface area contributed by atoms with E-state index in [0.29, 0.717) is 10.8 Å². The number of esters is 1. The molecule has 0 heterocycles. The molecule has 2 heteroatoms. The Hall–Kier alpha value is -0.530. The molecule has 4 saturated carbocycles. The lowest BCUT2D eigenvalue weighted by atomic mass is 9.44. The lowest BCUT2D eigenvalue weighted by Crippen LogP contribution is -2.54. The second-order valence-corrected chi connectivity index (χ2v) is 13.7. The van der Waals surface area contributed by atoms with Crippen molar-refractivity contribution in [2.45, 2.75) is 125 Å². The minimum atomic E-state index is -0.0883. The molecule has 2 nitrogen and oxygen atoms in total. The molecule has 0 amide bonds. The third-order valence-electron chi connectivity index (χ3n) is 11.9. The van der Waals surface area contributed by atoms with Crippen molar-refractivity contribution in [3.8, 4) is 0 Å². The fourth-order valence-electron chi connectivity index (χ4n) is 9.60. The van der Waals surface area contributed by atoms with Gasteiger partial charge in [0.2, 0.25) is 0 Å². The molecule has 0 spiro atoms. The van der Waals surface area contributed by atoms with Crippen molar-refractivity contribution in [2.24, 2.45) is 58.2 Å². The summed E-state index contributed by atoms with van der Waals surface area (Å²) in [7, 11) is 0. The van der Waals surface area contributed by atoms with E-state index in [1.807, 2.05) is 0 Å². The van der Waals surface area contributed by atoms with Crippen molar-refractivity contribution >= 4 is 5.97 Å². The molecule has 10 atom stereocenters. The van der Waals surface area contributed by atoms with Gasteiger partial charge >= 0.3 is 5.97 Å². The molecule has 0 radical (unpaired) electrons. The number of hydrogen-bond acceptors (Lipinski definition) is 2. The zero-order valence-corrected chi connectivity index (χ0v) is 22.3. The summed E-state index contributed by atoms with van der Waals surface area (Å²) in [6.07, 6.45) is 15.2. The van der Waals surface area contributed by atoms with E-state index in [2.05, 4.69) is 41.5 Å². The van der Waals surface area contributed by atoms with Gasteiger partial charge in [-0.1, -0.05) is 54.4 Å². The lowest BCUT2D eigenvalue weighted by Gasteiger charge is -2.61. The Morgan fingerprint density at radius 1 is 0.875 bits per heavy atom. The highest BCUT2D eigenvalue weighted by atomic mass is 16.5. The van der Waals surface area contributed by atoms with Gasteiger partial charge in [-0.05, 0) is 116 Å². The minimum absolute atomic E-state index is 0.0883. The smallest absolute Gasteiger partial charge is 0.302 e. The van der Waals surface area contributed by atoms with Crippen molar-refractivity contribution < 1.29 is 9.53 Å². The summed E-state index contributed by atoms with van der Waals surface area (Å²) in [6.45, 7) is 16.7. The molecule has 4 fully saturated rings. The summed E-state index contributed by atoms with van der Waals surface area (Å²) >= 11 is 0. The maximum absolute atomic E-state index is 11.5. The van der Waals surface area contributed by atoms with Gasteiger partial charge in [0.1, 0.15) is 6.10 Å². The average molecular weight is 445 g/mol. The van der Waals surface area contributed by atoms with E-state index >= 15 is 0 Å². The Balaban J connectivity index is 1.43. The molecule has 184 valence electrons. The highest BCUT2D eigenvalue weighted by Gasteiger charge is 2.60. The molecule has 32 heavy (non-hydrogen) atoms. The maximum Gasteiger partial charge on any atom is 0.302 e. The molecule has 4 rings (SSSR count). The Morgan fingerprint density at radius 3 is 2.25 bits per heavy atom. The second kappa shape index (κ2) is 9.26. The normalized spacial score (nSPS) is 45.5. The molecular formula is C30H52O2. The molecule has 0 aromatic heterocycles. The van der Waals surface area contributed by atoms with Gasteiger partial charge in [0, 0.05) is 6.92 Å². The summed E-state index contributed by atoms with van der Waals surface area (Å²) in [6, 6.07) is 0. The van der Waals surface area contributed by atoms with E-state index < -0.39 is 0 Å². The van der Waals surface area contributed by atoms with Crippen LogP contribution in [0.25, 0.3) is 0 Å². The van der Waals surface area contributed by atoms with Crippen LogP contribution >= 0.6 is 0 Å². The first-order valence-corrected chi connectivity index (χ1v) is 14.2. The third kappa shape index (κ3) is 4.31. The van der Waals surface area contributed by atoms with Crippen molar-refractivity contribution in [2.75, 3.05) is 0 Å². The molecule has 0 aromatic rings. The monoisotopic (exact) mass is 444 g/mol. The van der Waals surface area contributed by atoms with E-state index in [9.17, 15) is 4.79 Å². The molecule has 0 unspecified atom stereocenters. The third-order valence-corrected chi connectivity index (χ3v) is 11.9. The second-order valence-electron chi connectivity index (χ2n) is 13.7. The Labute approximate surface area is 199 Å². The molecular weight excluding hydrogens is 392 g/mol. The fourth-order valence-corrected chi connectivity index (χ4v) is 9.60. The topological polar surface area (TPSA) is 26.3 Å². The predicted molar refractivity (Wildman–Crippen MR) is 133 cm³/mol. The SMILES string of the molecule is CC(=O)O[C@@H]1CC[C@]2(C)[C@@H](CC[C@@H]3[C@@H]4CC[C@@H]([C@H](C)CC[C@H](C)C(C)C)[C@]4(C)CC[C@@H]32)C1. The van der Waals surface area contributed by atoms with Gasteiger partial charge < -0.3 is 4.74 Å². The van der Waals surface area contributed by atoms with E-state index in [-0.39, 0.29) is 12.1 Å². The summed E-state index contributed by atoms with van der Waals surface area (Å²) in [5.74, 6) is 6.99. The number of rotatable bonds is 6. The van der Waals surface area contributed by atoms with Crippen LogP contribution in [0.5, 0.6) is 0 Å². The van der Waals surface area contributed by atoms with Crippen molar-refractivity contribution in [1.82, 2.24) is 0 Å². The van der Waals surface area contributed by atoms with Crippen LogP contribution in [-0.4, -0.2) is 12.1 Å². The summed E-state index contributed by atoms with van der Waals surface area (Å²) in [4.78, 5) is 11.5. The van der Waals surface area contributed by atoms with Crippen LogP contribution < -0.4 is 0 Å². The van der Waals surface area contributed by atoms with Crippen molar-refractivity contribution in [1.29, 1.82) is 0 Å². The number of fused-ring (bicyclic) bond motifs is 5. The quantitative estimate of drug-likeness (QED) is 0.385. The van der Waals surface area contributed by atoms with Crippen LogP contribution in [0.2, 0.25) is 0 Å². The number of carbonyl (C=O) groups is 1. The van der Waals surface area contributed by atoms with Crippen LogP contribution in [0.3, 0.4) is 0 Å². The van der Waals surface area contributed by atoms with E-state index in [0.717, 1.165) is 60.2 Å². The van der Waals surface area contributed by atoms with E-state index in [4.69, 9.17) is 4.74 Å². The number of hydrogen-bond donors (Lipinski definition) is 0. The standard InChI is InChI=1S/C30H52O2/c1-19(2)20(3)8-9-21(4)26-12-13-27-25-11-10-23-18-24(32-22(5)31)14-16-29(23,6)28(25)15-17-30(26,27)7/h19-21,23-28H,8-18H2,1-7H3/t20-,21+,23-,24+,25+,26-,27-,28-,29+,30-/m0/s1. The van der Waals surface area contributed by atoms with Gasteiger partial charge in [0.25, 0.3) is 0 Å². The minimum Gasteiger partial charge on any atom is -0.463 e. The van der Waals surface area contributed by atoms with E-state index in [1.54, 1.807) is 6.92 Å². The Morgan fingerprint density at radius 2 is 1.56 bits per heavy atom. The maximum atomic E-state index is 11.5. The van der Waals surface area contributed by atoms with E-state index in [1.165, 1.54) is 57.8 Å². The zero-order valence-electron chi connectivity index (χ0n) is 22.3. The van der Waals surface area contributed by atoms with Gasteiger partial charge in [0.05, 0.1) is 0 Å². The molecule has 0 aromatic carbocycles. The number of ether oxygens (including phenoxy) is 1. The van der Waals surface area contributed by atoms with Crippen molar-refractivity contribution in [3.63, 3.8) is 0 Å². The molecule has 0 saturated heterocycles. The molecule has 4 aliphatic rings. The predicted octanol–water partition coefficient (Wildman–Crippen LogP) is 8.29. The fraction of sp³-hybridized carbons (Fsp3) is 0.967. The molecule has 4 aliphatic carbocycles. The Bertz CT molecular complexity index is 670. The molecule has 0 N–H and O–H groups in total. The zero-order chi connectivity index (χ0) is 23.3. The Kier molecular flexibility index (Phi) is 7.11. The van der Waals surface area contributed by atoms with Gasteiger partial charge in [-0.2, -0.15) is 0 Å². The lowest BCUT2D eigenvalue weighted by molar-refractivity contribution is -0.160. The molecule has 0 bridgehead atoms. The summed E-state index contributed by atoms with van der Waals surface area (Å²) < 4.78 is 5.66. The van der Waals surface area contributed by atoms with Gasteiger partial charge in [-0.15, -0.1) is 0 Å². The van der Waals surface area contributed by atoms with Crippen LogP contribution in [0.1, 0.15) is 119 Å². The van der Waals surface area contributed by atoms with Crippen LogP contribution in [0.4, 0.5) is 0 Å². The van der Waals surface area contributed by atoms with Crippen LogP contribution in [-0.2, 0) is 9.53 Å². The molecule has 0 aliphatic heterocycles. The van der Waals surface area contributed by atoms with Crippen molar-refractivity contribution in [3.05, 3.63) is 0 Å². The van der Waals surface area contributed by atoms with Gasteiger partial charge in [-0.25, -0.2) is 0 Å². The summed E-state index contributed by atoms with van der Waals surface area (Å²) in [5, 5.41) is 0. The summed E-state index contributed by atoms with van der Waals surface area (Å²) in [5.41, 5.74) is 1.07. The first kappa shape index (κ1) is 24.6. The van der Waals surface area contributed by atoms with Crippen LogP contribution in [0.15, 0.2) is 0 Å². The highest BCUT2D eigenvalue weighted by molar-refractivity contribution is 5.66. The number of carbonyl (C=O) groups excluding carboxylic acids is 1. The highest BCUT2D eigenvalue weighted by Crippen LogP contribution is 2.68. The largest absolute Gasteiger partial charge is 0.463 e. The first-order valence-electron chi connectivity index (χ1n) is 14.2.